The number of nitrogens with zero attached hydrogens (tertiary/aromatic N) is 2. The second kappa shape index (κ2) is 5.56. The smallest absolute Gasteiger partial charge is 0.270 e. The Kier molecular flexibility index (Phi) is 3.78. The Morgan fingerprint density at radius 1 is 1.50 bits per heavy atom. The third kappa shape index (κ3) is 2.87. The summed E-state index contributed by atoms with van der Waals surface area (Å²) >= 11 is 0. The van der Waals surface area contributed by atoms with E-state index in [1.807, 2.05) is 6.92 Å². The Labute approximate surface area is 119 Å². The summed E-state index contributed by atoms with van der Waals surface area (Å²) in [5.74, 6) is 2.85. The van der Waals surface area contributed by atoms with Crippen molar-refractivity contribution in [1.29, 1.82) is 0 Å². The second-order valence-electron chi connectivity index (χ2n) is 6.43. The summed E-state index contributed by atoms with van der Waals surface area (Å²) in [5, 5.41) is 4.24. The Morgan fingerprint density at radius 2 is 2.35 bits per heavy atom. The maximum absolute atomic E-state index is 12.1. The third-order valence-electron chi connectivity index (χ3n) is 4.65. The van der Waals surface area contributed by atoms with Crippen molar-refractivity contribution in [3.05, 3.63) is 22.6 Å². The lowest BCUT2D eigenvalue weighted by atomic mass is 9.89. The third-order valence-corrected chi connectivity index (χ3v) is 4.65. The van der Waals surface area contributed by atoms with Gasteiger partial charge < -0.3 is 10.5 Å². The van der Waals surface area contributed by atoms with Crippen LogP contribution < -0.4 is 16.0 Å². The molecule has 2 N–H and O–H groups in total. The van der Waals surface area contributed by atoms with Gasteiger partial charge in [0, 0.05) is 18.7 Å². The predicted octanol–water partition coefficient (Wildman–Crippen LogP) is 1.41. The SMILES string of the molecule is CC(N)COc1cnn(CC2CC3CCC2C3)c(=O)c1. The van der Waals surface area contributed by atoms with Gasteiger partial charge in [0.2, 0.25) is 0 Å². The zero-order chi connectivity index (χ0) is 14.1. The minimum Gasteiger partial charge on any atom is -0.490 e. The van der Waals surface area contributed by atoms with Gasteiger partial charge in [-0.3, -0.25) is 4.79 Å². The molecule has 4 unspecified atom stereocenters. The van der Waals surface area contributed by atoms with Crippen molar-refractivity contribution in [3.8, 4) is 5.75 Å². The van der Waals surface area contributed by atoms with Gasteiger partial charge in [0.1, 0.15) is 12.4 Å². The molecule has 2 aliphatic carbocycles. The number of aromatic nitrogens is 2. The van der Waals surface area contributed by atoms with Gasteiger partial charge in [-0.05, 0) is 43.9 Å². The first-order valence-electron chi connectivity index (χ1n) is 7.57. The van der Waals surface area contributed by atoms with Gasteiger partial charge in [-0.1, -0.05) is 6.42 Å². The normalized spacial score (nSPS) is 29.6. The molecule has 5 heteroatoms. The van der Waals surface area contributed by atoms with Crippen LogP contribution in [0, 0.1) is 17.8 Å². The summed E-state index contributed by atoms with van der Waals surface area (Å²) < 4.78 is 7.01. The number of hydrogen-bond donors (Lipinski definition) is 1. The van der Waals surface area contributed by atoms with Crippen LogP contribution in [-0.2, 0) is 6.54 Å². The standard InChI is InChI=1S/C15H23N3O2/c1-10(16)9-20-14-6-15(19)18(17-7-14)8-13-5-11-2-3-12(13)4-11/h6-7,10-13H,2-5,8-9,16H2,1H3. The molecule has 2 bridgehead atoms. The molecule has 3 rings (SSSR count). The molecule has 1 aromatic rings. The van der Waals surface area contributed by atoms with E-state index in [1.54, 1.807) is 10.9 Å². The molecule has 2 fully saturated rings. The molecule has 2 aliphatic rings. The van der Waals surface area contributed by atoms with E-state index in [0.29, 0.717) is 18.3 Å². The van der Waals surface area contributed by atoms with Crippen LogP contribution in [0.25, 0.3) is 0 Å². The topological polar surface area (TPSA) is 70.1 Å². The molecular formula is C15H23N3O2. The summed E-state index contributed by atoms with van der Waals surface area (Å²) in [6, 6.07) is 1.47. The minimum absolute atomic E-state index is 0.0496. The lowest BCUT2D eigenvalue weighted by Crippen LogP contribution is -2.29. The second-order valence-corrected chi connectivity index (χ2v) is 6.43. The van der Waals surface area contributed by atoms with Crippen molar-refractivity contribution in [2.45, 2.75) is 45.2 Å². The van der Waals surface area contributed by atoms with E-state index < -0.39 is 0 Å². The quantitative estimate of drug-likeness (QED) is 0.883. The summed E-state index contributed by atoms with van der Waals surface area (Å²) in [4.78, 5) is 12.1. The molecule has 0 radical (unpaired) electrons. The van der Waals surface area contributed by atoms with Crippen molar-refractivity contribution in [2.24, 2.45) is 23.5 Å². The van der Waals surface area contributed by atoms with Gasteiger partial charge in [-0.2, -0.15) is 5.10 Å². The molecule has 20 heavy (non-hydrogen) atoms. The first-order valence-corrected chi connectivity index (χ1v) is 7.57. The van der Waals surface area contributed by atoms with Gasteiger partial charge >= 0.3 is 0 Å². The number of rotatable bonds is 5. The monoisotopic (exact) mass is 277 g/mol. The van der Waals surface area contributed by atoms with Crippen molar-refractivity contribution in [2.75, 3.05) is 6.61 Å². The molecule has 4 atom stereocenters. The fourth-order valence-corrected chi connectivity index (χ4v) is 3.68. The van der Waals surface area contributed by atoms with Crippen LogP contribution in [0.3, 0.4) is 0 Å². The molecule has 0 spiro atoms. The van der Waals surface area contributed by atoms with E-state index in [9.17, 15) is 4.79 Å². The van der Waals surface area contributed by atoms with Gasteiger partial charge in [-0.15, -0.1) is 0 Å². The minimum atomic E-state index is -0.0741. The molecule has 5 nitrogen and oxygen atoms in total. The predicted molar refractivity (Wildman–Crippen MR) is 76.6 cm³/mol. The van der Waals surface area contributed by atoms with Crippen molar-refractivity contribution in [1.82, 2.24) is 9.78 Å². The zero-order valence-corrected chi connectivity index (χ0v) is 12.0. The largest absolute Gasteiger partial charge is 0.490 e. The molecule has 0 aromatic carbocycles. The van der Waals surface area contributed by atoms with Crippen molar-refractivity contribution in [3.63, 3.8) is 0 Å². The molecule has 0 amide bonds. The molecule has 0 aliphatic heterocycles. The van der Waals surface area contributed by atoms with Crippen molar-refractivity contribution >= 4 is 0 Å². The highest BCUT2D eigenvalue weighted by Crippen LogP contribution is 2.48. The fraction of sp³-hybridized carbons (Fsp3) is 0.733. The Hall–Kier alpha value is -1.36. The van der Waals surface area contributed by atoms with Gasteiger partial charge in [0.25, 0.3) is 5.56 Å². The van der Waals surface area contributed by atoms with Crippen LogP contribution in [0.2, 0.25) is 0 Å². The Bertz CT molecular complexity index is 526. The van der Waals surface area contributed by atoms with E-state index in [1.165, 1.54) is 31.7 Å². The van der Waals surface area contributed by atoms with E-state index in [-0.39, 0.29) is 11.6 Å². The Morgan fingerprint density at radius 3 is 2.95 bits per heavy atom. The molecule has 1 aromatic heterocycles. The molecule has 1 heterocycles. The lowest BCUT2D eigenvalue weighted by molar-refractivity contribution is 0.273. The van der Waals surface area contributed by atoms with Crippen molar-refractivity contribution < 1.29 is 4.74 Å². The first kappa shape index (κ1) is 13.6. The number of fused-ring (bicyclic) bond motifs is 2. The summed E-state index contributed by atoms with van der Waals surface area (Å²) in [5.41, 5.74) is 5.55. The van der Waals surface area contributed by atoms with E-state index in [2.05, 4.69) is 5.10 Å². The maximum Gasteiger partial charge on any atom is 0.270 e. The van der Waals surface area contributed by atoms with Crippen LogP contribution in [0.5, 0.6) is 5.75 Å². The molecular weight excluding hydrogens is 254 g/mol. The van der Waals surface area contributed by atoms with Gasteiger partial charge in [0.05, 0.1) is 6.20 Å². The fourth-order valence-electron chi connectivity index (χ4n) is 3.68. The number of nitrogens with two attached hydrogens (primary N) is 1. The van der Waals surface area contributed by atoms with Crippen LogP contribution in [-0.4, -0.2) is 22.4 Å². The highest BCUT2D eigenvalue weighted by Gasteiger charge is 2.39. The summed E-state index contributed by atoms with van der Waals surface area (Å²) in [6.07, 6.45) is 6.96. The summed E-state index contributed by atoms with van der Waals surface area (Å²) in [7, 11) is 0. The molecule has 2 saturated carbocycles. The van der Waals surface area contributed by atoms with Gasteiger partial charge in [0.15, 0.2) is 0 Å². The highest BCUT2D eigenvalue weighted by molar-refractivity contribution is 5.13. The van der Waals surface area contributed by atoms with Crippen LogP contribution in [0.15, 0.2) is 17.1 Å². The Balaban J connectivity index is 1.64. The summed E-state index contributed by atoms with van der Waals surface area (Å²) in [6.45, 7) is 3.02. The van der Waals surface area contributed by atoms with Crippen LogP contribution >= 0.6 is 0 Å². The van der Waals surface area contributed by atoms with E-state index in [0.717, 1.165) is 18.4 Å². The first-order chi connectivity index (χ1) is 9.61. The number of ether oxygens (including phenoxy) is 1. The lowest BCUT2D eigenvalue weighted by Gasteiger charge is -2.21. The van der Waals surface area contributed by atoms with E-state index in [4.69, 9.17) is 10.5 Å². The van der Waals surface area contributed by atoms with Gasteiger partial charge in [-0.25, -0.2) is 4.68 Å². The number of hydrogen-bond acceptors (Lipinski definition) is 4. The molecule has 110 valence electrons. The van der Waals surface area contributed by atoms with E-state index >= 15 is 0 Å². The average molecular weight is 277 g/mol. The van der Waals surface area contributed by atoms with Crippen LogP contribution in [0.4, 0.5) is 0 Å². The maximum atomic E-state index is 12.1. The van der Waals surface area contributed by atoms with Crippen LogP contribution in [0.1, 0.15) is 32.6 Å². The zero-order valence-electron chi connectivity index (χ0n) is 12.0. The molecule has 0 saturated heterocycles. The average Bonchev–Trinajstić information content (AvgIpc) is 3.01. The highest BCUT2D eigenvalue weighted by atomic mass is 16.5.